The number of aliphatic hydroxyl groups excluding tert-OH is 1. The quantitative estimate of drug-likeness (QED) is 0.861. The molecule has 82 valence electrons. The molecule has 0 saturated carbocycles. The highest BCUT2D eigenvalue weighted by Crippen LogP contribution is 2.30. The van der Waals surface area contributed by atoms with Crippen LogP contribution in [0.25, 0.3) is 0 Å². The van der Waals surface area contributed by atoms with Gasteiger partial charge in [-0.25, -0.2) is 4.68 Å². The molecule has 0 spiro atoms. The molecule has 0 bridgehead atoms. The molecule has 0 aliphatic carbocycles. The summed E-state index contributed by atoms with van der Waals surface area (Å²) < 4.78 is 2.34. The molecule has 2 aromatic rings. The van der Waals surface area contributed by atoms with Crippen molar-refractivity contribution < 1.29 is 5.11 Å². The van der Waals surface area contributed by atoms with Gasteiger partial charge in [0.2, 0.25) is 6.35 Å². The summed E-state index contributed by atoms with van der Waals surface area (Å²) in [4.78, 5) is 5.87. The van der Waals surface area contributed by atoms with Crippen molar-refractivity contribution in [3.63, 3.8) is 0 Å². The monoisotopic (exact) mass is 280 g/mol. The van der Waals surface area contributed by atoms with Gasteiger partial charge in [0, 0.05) is 6.20 Å². The maximum absolute atomic E-state index is 10.1. The molecule has 3 heterocycles. The van der Waals surface area contributed by atoms with Crippen molar-refractivity contribution in [2.75, 3.05) is 4.90 Å². The number of aromatic nitrogens is 3. The molecular formula is C10H9BrN4O. The molecule has 6 heteroatoms. The fraction of sp³-hybridized carbons (Fsp3) is 0.200. The second kappa shape index (κ2) is 3.57. The number of halogens is 1. The van der Waals surface area contributed by atoms with E-state index in [1.165, 1.54) is 0 Å². The minimum Gasteiger partial charge on any atom is -0.355 e. The van der Waals surface area contributed by atoms with Crippen molar-refractivity contribution >= 4 is 21.6 Å². The van der Waals surface area contributed by atoms with Crippen LogP contribution >= 0.6 is 15.9 Å². The number of hydrogen-bond acceptors (Lipinski definition) is 4. The molecule has 0 fully saturated rings. The van der Waals surface area contributed by atoms with E-state index in [1.54, 1.807) is 17.1 Å². The van der Waals surface area contributed by atoms with Gasteiger partial charge in [-0.15, -0.1) is 0 Å². The molecule has 16 heavy (non-hydrogen) atoms. The SMILES string of the molecule is OC1N(c2cccnc2)Cc2cc(Br)nn21. The minimum absolute atomic E-state index is 0.630. The average molecular weight is 281 g/mol. The van der Waals surface area contributed by atoms with Crippen molar-refractivity contribution in [1.29, 1.82) is 0 Å². The van der Waals surface area contributed by atoms with E-state index >= 15 is 0 Å². The third kappa shape index (κ3) is 1.42. The summed E-state index contributed by atoms with van der Waals surface area (Å²) in [5, 5.41) is 14.3. The van der Waals surface area contributed by atoms with E-state index < -0.39 is 6.35 Å². The molecule has 1 unspecified atom stereocenters. The Morgan fingerprint density at radius 2 is 2.38 bits per heavy atom. The lowest BCUT2D eigenvalue weighted by atomic mass is 10.3. The number of aliphatic hydroxyl groups is 1. The van der Waals surface area contributed by atoms with E-state index in [4.69, 9.17) is 0 Å². The highest BCUT2D eigenvalue weighted by molar-refractivity contribution is 9.10. The molecule has 1 N–H and O–H groups in total. The van der Waals surface area contributed by atoms with Gasteiger partial charge in [0.15, 0.2) is 0 Å². The van der Waals surface area contributed by atoms with Gasteiger partial charge >= 0.3 is 0 Å². The van der Waals surface area contributed by atoms with Crippen molar-refractivity contribution in [3.05, 3.63) is 40.9 Å². The first-order valence-electron chi connectivity index (χ1n) is 4.84. The third-order valence-electron chi connectivity index (χ3n) is 2.59. The largest absolute Gasteiger partial charge is 0.355 e. The van der Waals surface area contributed by atoms with Gasteiger partial charge in [-0.2, -0.15) is 5.10 Å². The normalized spacial score (nSPS) is 18.9. The summed E-state index contributed by atoms with van der Waals surface area (Å²) in [5.41, 5.74) is 1.86. The Labute approximate surface area is 100 Å². The molecule has 0 aromatic carbocycles. The van der Waals surface area contributed by atoms with Crippen molar-refractivity contribution in [3.8, 4) is 0 Å². The summed E-state index contributed by atoms with van der Waals surface area (Å²) in [6, 6.07) is 5.66. The number of fused-ring (bicyclic) bond motifs is 1. The Balaban J connectivity index is 1.96. The number of rotatable bonds is 1. The van der Waals surface area contributed by atoms with Crippen LogP contribution in [0.4, 0.5) is 5.69 Å². The molecular weight excluding hydrogens is 272 g/mol. The summed E-state index contributed by atoms with van der Waals surface area (Å²) in [6.45, 7) is 0.630. The summed E-state index contributed by atoms with van der Waals surface area (Å²) in [6.07, 6.45) is 2.68. The van der Waals surface area contributed by atoms with Crippen LogP contribution in [0.3, 0.4) is 0 Å². The van der Waals surface area contributed by atoms with Crippen LogP contribution in [0.1, 0.15) is 12.0 Å². The van der Waals surface area contributed by atoms with Gasteiger partial charge < -0.3 is 10.0 Å². The zero-order valence-corrected chi connectivity index (χ0v) is 9.87. The molecule has 1 aliphatic rings. The first-order chi connectivity index (χ1) is 7.75. The highest BCUT2D eigenvalue weighted by atomic mass is 79.9. The molecule has 2 aromatic heterocycles. The number of hydrogen-bond donors (Lipinski definition) is 1. The minimum atomic E-state index is -0.759. The maximum atomic E-state index is 10.1. The molecule has 3 rings (SSSR count). The fourth-order valence-corrected chi connectivity index (χ4v) is 2.29. The van der Waals surface area contributed by atoms with Crippen LogP contribution in [-0.2, 0) is 6.54 Å². The van der Waals surface area contributed by atoms with Crippen molar-refractivity contribution in [2.45, 2.75) is 12.9 Å². The Hall–Kier alpha value is -1.40. The maximum Gasteiger partial charge on any atom is 0.227 e. The number of pyridine rings is 1. The number of nitrogens with zero attached hydrogens (tertiary/aromatic N) is 4. The number of anilines is 1. The van der Waals surface area contributed by atoms with Crippen molar-refractivity contribution in [1.82, 2.24) is 14.8 Å². The zero-order chi connectivity index (χ0) is 11.1. The predicted octanol–water partition coefficient (Wildman–Crippen LogP) is 1.51. The van der Waals surface area contributed by atoms with Gasteiger partial charge in [-0.3, -0.25) is 4.98 Å². The Morgan fingerprint density at radius 1 is 1.50 bits per heavy atom. The van der Waals surface area contributed by atoms with E-state index in [1.807, 2.05) is 23.1 Å². The van der Waals surface area contributed by atoms with E-state index in [9.17, 15) is 5.11 Å². The van der Waals surface area contributed by atoms with E-state index in [2.05, 4.69) is 26.0 Å². The van der Waals surface area contributed by atoms with Crippen LogP contribution in [0, 0.1) is 0 Å². The lowest BCUT2D eigenvalue weighted by molar-refractivity contribution is 0.102. The Morgan fingerprint density at radius 3 is 3.06 bits per heavy atom. The molecule has 5 nitrogen and oxygen atoms in total. The standard InChI is InChI=1S/C10H9BrN4O/c11-9-4-8-6-14(10(16)15(8)13-9)7-2-1-3-12-5-7/h1-5,10,16H,6H2. The molecule has 1 atom stereocenters. The van der Waals surface area contributed by atoms with E-state index in [0.717, 1.165) is 16.0 Å². The summed E-state index contributed by atoms with van der Waals surface area (Å²) >= 11 is 3.29. The molecule has 0 radical (unpaired) electrons. The second-order valence-electron chi connectivity index (χ2n) is 3.59. The lowest BCUT2D eigenvalue weighted by Crippen LogP contribution is -2.24. The van der Waals surface area contributed by atoms with Crippen LogP contribution in [0.2, 0.25) is 0 Å². The van der Waals surface area contributed by atoms with Gasteiger partial charge in [0.05, 0.1) is 24.1 Å². The summed E-state index contributed by atoms with van der Waals surface area (Å²) in [7, 11) is 0. The van der Waals surface area contributed by atoms with Crippen LogP contribution in [0.15, 0.2) is 35.2 Å². The Bertz CT molecular complexity index is 513. The van der Waals surface area contributed by atoms with Crippen LogP contribution in [0.5, 0.6) is 0 Å². The molecule has 0 amide bonds. The van der Waals surface area contributed by atoms with Gasteiger partial charge in [-0.1, -0.05) is 0 Å². The smallest absolute Gasteiger partial charge is 0.227 e. The molecule has 1 aliphatic heterocycles. The third-order valence-corrected chi connectivity index (χ3v) is 2.98. The van der Waals surface area contributed by atoms with Crippen LogP contribution < -0.4 is 4.90 Å². The van der Waals surface area contributed by atoms with Gasteiger partial charge in [0.1, 0.15) is 4.60 Å². The average Bonchev–Trinajstić information content (AvgIpc) is 2.79. The van der Waals surface area contributed by atoms with Crippen LogP contribution in [-0.4, -0.2) is 19.9 Å². The van der Waals surface area contributed by atoms with Crippen molar-refractivity contribution in [2.24, 2.45) is 0 Å². The summed E-state index contributed by atoms with van der Waals surface area (Å²) in [5.74, 6) is 0. The van der Waals surface area contributed by atoms with E-state index in [0.29, 0.717) is 6.54 Å². The van der Waals surface area contributed by atoms with E-state index in [-0.39, 0.29) is 0 Å². The highest BCUT2D eigenvalue weighted by Gasteiger charge is 2.29. The van der Waals surface area contributed by atoms with Gasteiger partial charge in [-0.05, 0) is 34.1 Å². The lowest BCUT2D eigenvalue weighted by Gasteiger charge is -2.21. The first-order valence-corrected chi connectivity index (χ1v) is 5.63. The fourth-order valence-electron chi connectivity index (χ4n) is 1.85. The van der Waals surface area contributed by atoms with Gasteiger partial charge in [0.25, 0.3) is 0 Å². The zero-order valence-electron chi connectivity index (χ0n) is 8.29. The Kier molecular flexibility index (Phi) is 2.19. The molecule has 0 saturated heterocycles. The first kappa shape index (κ1) is 9.80. The topological polar surface area (TPSA) is 54.2 Å². The predicted molar refractivity (Wildman–Crippen MR) is 61.6 cm³/mol. The second-order valence-corrected chi connectivity index (χ2v) is 4.40.